The highest BCUT2D eigenvalue weighted by molar-refractivity contribution is 6.31. The Morgan fingerprint density at radius 3 is 2.88 bits per heavy atom. The highest BCUT2D eigenvalue weighted by atomic mass is 35.5. The molecule has 4 heteroatoms. The van der Waals surface area contributed by atoms with Crippen LogP contribution >= 0.6 is 11.6 Å². The Kier molecular flexibility index (Phi) is 5.74. The Morgan fingerprint density at radius 2 is 2.25 bits per heavy atom. The average Bonchev–Trinajstić information content (AvgIpc) is 2.22. The van der Waals surface area contributed by atoms with E-state index >= 15 is 0 Å². The number of hydrogen-bond donors (Lipinski definition) is 1. The van der Waals surface area contributed by atoms with E-state index in [9.17, 15) is 4.39 Å². The Balaban J connectivity index is 2.37. The van der Waals surface area contributed by atoms with E-state index in [4.69, 9.17) is 16.3 Å². The van der Waals surface area contributed by atoms with Crippen LogP contribution in [0.1, 0.15) is 19.4 Å². The SMILES string of the molecule is CCOC(C)CNCc1ccc(F)cc1Cl. The Morgan fingerprint density at radius 1 is 1.50 bits per heavy atom. The zero-order chi connectivity index (χ0) is 12.0. The van der Waals surface area contributed by atoms with Gasteiger partial charge >= 0.3 is 0 Å². The summed E-state index contributed by atoms with van der Waals surface area (Å²) in [4.78, 5) is 0. The van der Waals surface area contributed by atoms with Gasteiger partial charge < -0.3 is 10.1 Å². The van der Waals surface area contributed by atoms with Crippen LogP contribution < -0.4 is 5.32 Å². The van der Waals surface area contributed by atoms with Gasteiger partial charge in [0.05, 0.1) is 6.10 Å². The zero-order valence-electron chi connectivity index (χ0n) is 9.59. The van der Waals surface area contributed by atoms with E-state index in [0.29, 0.717) is 18.2 Å². The molecule has 0 aliphatic rings. The summed E-state index contributed by atoms with van der Waals surface area (Å²) in [6.07, 6.45) is 0.171. The van der Waals surface area contributed by atoms with Gasteiger partial charge in [0.2, 0.25) is 0 Å². The molecule has 2 nitrogen and oxygen atoms in total. The van der Waals surface area contributed by atoms with E-state index in [-0.39, 0.29) is 11.9 Å². The highest BCUT2D eigenvalue weighted by Crippen LogP contribution is 2.16. The summed E-state index contributed by atoms with van der Waals surface area (Å²) in [5.41, 5.74) is 0.895. The molecular formula is C12H17ClFNO. The van der Waals surface area contributed by atoms with Crippen molar-refractivity contribution in [3.05, 3.63) is 34.6 Å². The fraction of sp³-hybridized carbons (Fsp3) is 0.500. The molecule has 0 aromatic heterocycles. The van der Waals surface area contributed by atoms with Crippen molar-refractivity contribution in [2.24, 2.45) is 0 Å². The lowest BCUT2D eigenvalue weighted by Gasteiger charge is -2.13. The smallest absolute Gasteiger partial charge is 0.124 e. The lowest BCUT2D eigenvalue weighted by Crippen LogP contribution is -2.26. The molecule has 0 aliphatic heterocycles. The molecule has 0 amide bonds. The molecule has 0 saturated carbocycles. The summed E-state index contributed by atoms with van der Waals surface area (Å²) in [6.45, 7) is 6.05. The predicted molar refractivity (Wildman–Crippen MR) is 64.2 cm³/mol. The van der Waals surface area contributed by atoms with Crippen molar-refractivity contribution in [1.29, 1.82) is 0 Å². The summed E-state index contributed by atoms with van der Waals surface area (Å²) < 4.78 is 18.1. The Hall–Kier alpha value is -0.640. The van der Waals surface area contributed by atoms with Crippen LogP contribution in [0, 0.1) is 5.82 Å². The second-order valence-corrected chi connectivity index (χ2v) is 4.04. The molecule has 1 atom stereocenters. The van der Waals surface area contributed by atoms with Crippen LogP contribution in [0.3, 0.4) is 0 Å². The number of nitrogens with one attached hydrogen (secondary N) is 1. The molecule has 0 aliphatic carbocycles. The van der Waals surface area contributed by atoms with Crippen molar-refractivity contribution >= 4 is 11.6 Å². The van der Waals surface area contributed by atoms with E-state index in [1.807, 2.05) is 13.8 Å². The fourth-order valence-electron chi connectivity index (χ4n) is 1.42. The van der Waals surface area contributed by atoms with Crippen molar-refractivity contribution in [3.63, 3.8) is 0 Å². The van der Waals surface area contributed by atoms with Crippen LogP contribution in [0.15, 0.2) is 18.2 Å². The van der Waals surface area contributed by atoms with Gasteiger partial charge in [0.15, 0.2) is 0 Å². The van der Waals surface area contributed by atoms with E-state index in [2.05, 4.69) is 5.32 Å². The molecule has 0 bridgehead atoms. The monoisotopic (exact) mass is 245 g/mol. The molecule has 1 unspecified atom stereocenters. The topological polar surface area (TPSA) is 21.3 Å². The first-order valence-corrected chi connectivity index (χ1v) is 5.77. The largest absolute Gasteiger partial charge is 0.377 e. The van der Waals surface area contributed by atoms with Gasteiger partial charge in [0.25, 0.3) is 0 Å². The minimum Gasteiger partial charge on any atom is -0.377 e. The maximum atomic E-state index is 12.8. The minimum absolute atomic E-state index is 0.171. The molecule has 0 radical (unpaired) electrons. The highest BCUT2D eigenvalue weighted by Gasteiger charge is 2.03. The number of benzene rings is 1. The lowest BCUT2D eigenvalue weighted by atomic mass is 10.2. The van der Waals surface area contributed by atoms with Crippen molar-refractivity contribution in [1.82, 2.24) is 5.32 Å². The second kappa shape index (κ2) is 6.84. The zero-order valence-corrected chi connectivity index (χ0v) is 10.4. The normalized spacial score (nSPS) is 12.8. The van der Waals surface area contributed by atoms with Crippen LogP contribution in [-0.2, 0) is 11.3 Å². The van der Waals surface area contributed by atoms with Crippen molar-refractivity contribution in [2.75, 3.05) is 13.2 Å². The molecule has 1 aromatic carbocycles. The van der Waals surface area contributed by atoms with Crippen LogP contribution in [-0.4, -0.2) is 19.3 Å². The van der Waals surface area contributed by atoms with Crippen LogP contribution in [0.2, 0.25) is 5.02 Å². The summed E-state index contributed by atoms with van der Waals surface area (Å²) in [7, 11) is 0. The Labute approximate surface area is 101 Å². The van der Waals surface area contributed by atoms with Gasteiger partial charge in [-0.05, 0) is 31.5 Å². The van der Waals surface area contributed by atoms with Crippen LogP contribution in [0.5, 0.6) is 0 Å². The van der Waals surface area contributed by atoms with Gasteiger partial charge in [-0.1, -0.05) is 17.7 Å². The molecule has 90 valence electrons. The van der Waals surface area contributed by atoms with Gasteiger partial charge in [0, 0.05) is 24.7 Å². The quantitative estimate of drug-likeness (QED) is 0.832. The molecule has 1 aromatic rings. The standard InChI is InChI=1S/C12H17ClFNO/c1-3-16-9(2)7-15-8-10-4-5-11(14)6-12(10)13/h4-6,9,15H,3,7-8H2,1-2H3. The Bertz CT molecular complexity index is 333. The summed E-state index contributed by atoms with van der Waals surface area (Å²) >= 11 is 5.89. The third kappa shape index (κ3) is 4.47. The number of hydrogen-bond acceptors (Lipinski definition) is 2. The molecular weight excluding hydrogens is 229 g/mol. The first-order chi connectivity index (χ1) is 7.63. The van der Waals surface area contributed by atoms with Crippen LogP contribution in [0.4, 0.5) is 4.39 Å². The summed E-state index contributed by atoms with van der Waals surface area (Å²) in [5.74, 6) is -0.309. The second-order valence-electron chi connectivity index (χ2n) is 3.63. The predicted octanol–water partition coefficient (Wildman–Crippen LogP) is 2.99. The van der Waals surface area contributed by atoms with Gasteiger partial charge in [-0.25, -0.2) is 4.39 Å². The molecule has 0 saturated heterocycles. The molecule has 1 rings (SSSR count). The molecule has 1 N–H and O–H groups in total. The third-order valence-electron chi connectivity index (χ3n) is 2.21. The molecule has 16 heavy (non-hydrogen) atoms. The number of rotatable bonds is 6. The maximum Gasteiger partial charge on any atom is 0.124 e. The summed E-state index contributed by atoms with van der Waals surface area (Å²) in [5, 5.41) is 3.67. The maximum absolute atomic E-state index is 12.8. The van der Waals surface area contributed by atoms with E-state index in [0.717, 1.165) is 12.1 Å². The van der Waals surface area contributed by atoms with E-state index in [1.54, 1.807) is 6.07 Å². The van der Waals surface area contributed by atoms with Gasteiger partial charge in [-0.2, -0.15) is 0 Å². The van der Waals surface area contributed by atoms with Crippen molar-refractivity contribution in [2.45, 2.75) is 26.5 Å². The molecule has 0 spiro atoms. The van der Waals surface area contributed by atoms with E-state index in [1.165, 1.54) is 12.1 Å². The van der Waals surface area contributed by atoms with Crippen LogP contribution in [0.25, 0.3) is 0 Å². The first-order valence-electron chi connectivity index (χ1n) is 5.39. The molecule has 0 fully saturated rings. The van der Waals surface area contributed by atoms with Crippen molar-refractivity contribution in [3.8, 4) is 0 Å². The average molecular weight is 246 g/mol. The number of ether oxygens (including phenoxy) is 1. The summed E-state index contributed by atoms with van der Waals surface area (Å²) in [6, 6.07) is 4.43. The first kappa shape index (κ1) is 13.4. The van der Waals surface area contributed by atoms with Gasteiger partial charge in [-0.15, -0.1) is 0 Å². The van der Waals surface area contributed by atoms with E-state index < -0.39 is 0 Å². The molecule has 0 heterocycles. The minimum atomic E-state index is -0.309. The number of halogens is 2. The van der Waals surface area contributed by atoms with Gasteiger partial charge in [-0.3, -0.25) is 0 Å². The van der Waals surface area contributed by atoms with Crippen molar-refractivity contribution < 1.29 is 9.13 Å². The fourth-order valence-corrected chi connectivity index (χ4v) is 1.65. The lowest BCUT2D eigenvalue weighted by molar-refractivity contribution is 0.0759. The third-order valence-corrected chi connectivity index (χ3v) is 2.57. The van der Waals surface area contributed by atoms with Gasteiger partial charge in [0.1, 0.15) is 5.82 Å².